The van der Waals surface area contributed by atoms with Crippen molar-refractivity contribution in [2.75, 3.05) is 13.1 Å². The first-order valence-electron chi connectivity index (χ1n) is 9.67. The highest BCUT2D eigenvalue weighted by atomic mass is 16.2. The van der Waals surface area contributed by atoms with Crippen LogP contribution in [0.25, 0.3) is 10.9 Å². The Kier molecular flexibility index (Phi) is 4.91. The number of nitrogens with one attached hydrogen (secondary N) is 1. The van der Waals surface area contributed by atoms with Gasteiger partial charge in [-0.2, -0.15) is 5.10 Å². The molecule has 138 valence electrons. The van der Waals surface area contributed by atoms with Crippen LogP contribution in [0.5, 0.6) is 0 Å². The van der Waals surface area contributed by atoms with Gasteiger partial charge in [-0.05, 0) is 24.8 Å². The van der Waals surface area contributed by atoms with Crippen molar-refractivity contribution in [1.82, 2.24) is 20.0 Å². The van der Waals surface area contributed by atoms with Gasteiger partial charge in [0.15, 0.2) is 0 Å². The average molecular weight is 354 g/mol. The minimum atomic E-state index is -0.0878. The number of amides is 2. The van der Waals surface area contributed by atoms with E-state index in [2.05, 4.69) is 10.4 Å². The summed E-state index contributed by atoms with van der Waals surface area (Å²) in [6.07, 6.45) is 8.65. The zero-order valence-electron chi connectivity index (χ0n) is 15.1. The first kappa shape index (κ1) is 17.1. The van der Waals surface area contributed by atoms with E-state index in [0.717, 1.165) is 17.4 Å². The number of fused-ring (bicyclic) bond motifs is 1. The molecule has 0 spiro atoms. The van der Waals surface area contributed by atoms with E-state index in [1.54, 1.807) is 4.68 Å². The molecule has 1 aliphatic carbocycles. The number of nitrogens with zero attached hydrogens (tertiary/aromatic N) is 3. The number of aromatic nitrogens is 2. The van der Waals surface area contributed by atoms with Gasteiger partial charge < -0.3 is 10.2 Å². The highest BCUT2D eigenvalue weighted by Gasteiger charge is 2.32. The summed E-state index contributed by atoms with van der Waals surface area (Å²) in [5.41, 5.74) is 0.884. The lowest BCUT2D eigenvalue weighted by molar-refractivity contribution is -0.128. The van der Waals surface area contributed by atoms with Crippen molar-refractivity contribution in [3.63, 3.8) is 0 Å². The third kappa shape index (κ3) is 3.89. The Morgan fingerprint density at radius 2 is 2.00 bits per heavy atom. The Labute approximate surface area is 153 Å². The molecule has 4 rings (SSSR count). The second-order valence-corrected chi connectivity index (χ2v) is 7.66. The molecule has 1 saturated carbocycles. The fraction of sp³-hybridized carbons (Fsp3) is 0.550. The van der Waals surface area contributed by atoms with Crippen LogP contribution in [0.1, 0.15) is 38.5 Å². The Morgan fingerprint density at radius 1 is 1.19 bits per heavy atom. The van der Waals surface area contributed by atoms with E-state index in [1.165, 1.54) is 32.1 Å². The van der Waals surface area contributed by atoms with Gasteiger partial charge in [0, 0.05) is 31.1 Å². The zero-order valence-corrected chi connectivity index (χ0v) is 15.1. The Balaban J connectivity index is 1.29. The summed E-state index contributed by atoms with van der Waals surface area (Å²) >= 11 is 0. The van der Waals surface area contributed by atoms with Crippen molar-refractivity contribution in [3.05, 3.63) is 30.5 Å². The molecule has 2 fully saturated rings. The predicted octanol–water partition coefficient (Wildman–Crippen LogP) is 2.33. The molecule has 1 aromatic carbocycles. The highest BCUT2D eigenvalue weighted by Crippen LogP contribution is 2.26. The summed E-state index contributed by atoms with van der Waals surface area (Å²) in [5, 5.41) is 8.44. The molecular formula is C20H26N4O2. The van der Waals surface area contributed by atoms with E-state index in [-0.39, 0.29) is 24.4 Å². The molecule has 1 N–H and O–H groups in total. The molecule has 2 aromatic rings. The van der Waals surface area contributed by atoms with Gasteiger partial charge in [-0.1, -0.05) is 37.5 Å². The lowest BCUT2D eigenvalue weighted by Crippen LogP contribution is -2.39. The topological polar surface area (TPSA) is 67.2 Å². The van der Waals surface area contributed by atoms with Crippen LogP contribution in [0.4, 0.5) is 0 Å². The van der Waals surface area contributed by atoms with Crippen molar-refractivity contribution in [2.45, 2.75) is 51.1 Å². The molecule has 26 heavy (non-hydrogen) atoms. The van der Waals surface area contributed by atoms with Crippen LogP contribution in [0.3, 0.4) is 0 Å². The van der Waals surface area contributed by atoms with E-state index in [4.69, 9.17) is 0 Å². The largest absolute Gasteiger partial charge is 0.349 e. The normalized spacial score (nSPS) is 21.5. The second kappa shape index (κ2) is 7.48. The van der Waals surface area contributed by atoms with Crippen molar-refractivity contribution in [1.29, 1.82) is 0 Å². The standard InChI is InChI=1S/C20H26N4O2/c25-19(14-24-12-16-8-4-5-9-18(16)22-24)21-17-10-20(26)23(13-17)11-15-6-2-1-3-7-15/h4-5,8-9,12,15,17H,1-3,6-7,10-11,13-14H2,(H,21,25)/t17-/m1/s1. The van der Waals surface area contributed by atoms with Crippen LogP contribution in [-0.2, 0) is 16.1 Å². The smallest absolute Gasteiger partial charge is 0.242 e. The van der Waals surface area contributed by atoms with Gasteiger partial charge in [-0.3, -0.25) is 14.3 Å². The Bertz CT molecular complexity index is 761. The van der Waals surface area contributed by atoms with Crippen LogP contribution in [0, 0.1) is 5.92 Å². The number of carbonyl (C=O) groups is 2. The summed E-state index contributed by atoms with van der Waals surface area (Å²) in [4.78, 5) is 26.6. The molecule has 1 aliphatic heterocycles. The maximum atomic E-state index is 12.3. The van der Waals surface area contributed by atoms with Gasteiger partial charge in [-0.15, -0.1) is 0 Å². The quantitative estimate of drug-likeness (QED) is 0.896. The van der Waals surface area contributed by atoms with Gasteiger partial charge in [0.2, 0.25) is 11.8 Å². The van der Waals surface area contributed by atoms with E-state index in [0.29, 0.717) is 18.9 Å². The molecule has 0 bridgehead atoms. The maximum absolute atomic E-state index is 12.3. The summed E-state index contributed by atoms with van der Waals surface area (Å²) in [6.45, 7) is 1.68. The van der Waals surface area contributed by atoms with Crippen LogP contribution in [0.15, 0.2) is 30.5 Å². The third-order valence-electron chi connectivity index (χ3n) is 5.55. The van der Waals surface area contributed by atoms with Crippen molar-refractivity contribution >= 4 is 22.7 Å². The van der Waals surface area contributed by atoms with Crippen molar-refractivity contribution < 1.29 is 9.59 Å². The molecule has 1 atom stereocenters. The third-order valence-corrected chi connectivity index (χ3v) is 5.55. The predicted molar refractivity (Wildman–Crippen MR) is 99.4 cm³/mol. The number of carbonyl (C=O) groups excluding carboxylic acids is 2. The zero-order chi connectivity index (χ0) is 17.9. The SMILES string of the molecule is O=C(Cn1cc2ccccc2n1)N[C@@H]1CC(=O)N(CC2CCCCC2)C1. The number of likely N-dealkylation sites (tertiary alicyclic amines) is 1. The number of hydrogen-bond acceptors (Lipinski definition) is 3. The first-order chi connectivity index (χ1) is 12.7. The van der Waals surface area contributed by atoms with Crippen LogP contribution in [-0.4, -0.2) is 45.6 Å². The lowest BCUT2D eigenvalue weighted by atomic mass is 9.89. The molecule has 0 radical (unpaired) electrons. The van der Waals surface area contributed by atoms with Crippen molar-refractivity contribution in [2.24, 2.45) is 5.92 Å². The first-order valence-corrected chi connectivity index (χ1v) is 9.67. The summed E-state index contributed by atoms with van der Waals surface area (Å²) in [6, 6.07) is 7.73. The Morgan fingerprint density at radius 3 is 2.81 bits per heavy atom. The van der Waals surface area contributed by atoms with E-state index < -0.39 is 0 Å². The summed E-state index contributed by atoms with van der Waals surface area (Å²) in [7, 11) is 0. The lowest BCUT2D eigenvalue weighted by Gasteiger charge is -2.27. The van der Waals surface area contributed by atoms with Gasteiger partial charge in [0.05, 0.1) is 11.6 Å². The van der Waals surface area contributed by atoms with Crippen molar-refractivity contribution in [3.8, 4) is 0 Å². The molecule has 6 nitrogen and oxygen atoms in total. The van der Waals surface area contributed by atoms with Crippen LogP contribution < -0.4 is 5.32 Å². The highest BCUT2D eigenvalue weighted by molar-refractivity contribution is 5.83. The molecular weight excluding hydrogens is 328 g/mol. The number of rotatable bonds is 5. The fourth-order valence-corrected chi connectivity index (χ4v) is 4.24. The molecule has 2 aliphatic rings. The molecule has 1 saturated heterocycles. The Hall–Kier alpha value is -2.37. The van der Waals surface area contributed by atoms with Gasteiger partial charge in [-0.25, -0.2) is 0 Å². The van der Waals surface area contributed by atoms with Gasteiger partial charge in [0.25, 0.3) is 0 Å². The summed E-state index contributed by atoms with van der Waals surface area (Å²) in [5.74, 6) is 0.722. The number of hydrogen-bond donors (Lipinski definition) is 1. The molecule has 2 heterocycles. The monoisotopic (exact) mass is 354 g/mol. The average Bonchev–Trinajstić information content (AvgIpc) is 3.18. The molecule has 6 heteroatoms. The van der Waals surface area contributed by atoms with E-state index in [1.807, 2.05) is 35.4 Å². The molecule has 2 amide bonds. The van der Waals surface area contributed by atoms with E-state index >= 15 is 0 Å². The second-order valence-electron chi connectivity index (χ2n) is 7.66. The molecule has 0 unspecified atom stereocenters. The van der Waals surface area contributed by atoms with Crippen LogP contribution in [0.2, 0.25) is 0 Å². The minimum Gasteiger partial charge on any atom is -0.349 e. The van der Waals surface area contributed by atoms with Crippen LogP contribution >= 0.6 is 0 Å². The van der Waals surface area contributed by atoms with Gasteiger partial charge in [0.1, 0.15) is 6.54 Å². The fourth-order valence-electron chi connectivity index (χ4n) is 4.24. The molecule has 1 aromatic heterocycles. The van der Waals surface area contributed by atoms with Gasteiger partial charge >= 0.3 is 0 Å². The summed E-state index contributed by atoms with van der Waals surface area (Å²) < 4.78 is 1.66. The minimum absolute atomic E-state index is 0.0800. The maximum Gasteiger partial charge on any atom is 0.242 e. The number of benzene rings is 1. The van der Waals surface area contributed by atoms with E-state index in [9.17, 15) is 9.59 Å².